The summed E-state index contributed by atoms with van der Waals surface area (Å²) in [4.78, 5) is 6.16. The Morgan fingerprint density at radius 1 is 1.33 bits per heavy atom. The van der Waals surface area contributed by atoms with Gasteiger partial charge < -0.3 is 4.57 Å². The summed E-state index contributed by atoms with van der Waals surface area (Å²) < 4.78 is 3.36. The maximum Gasteiger partial charge on any atom is 0.111 e. The third kappa shape index (κ3) is 3.03. The minimum Gasteiger partial charge on any atom is -0.323 e. The molecular weight excluding hydrogens is 368 g/mol. The van der Waals surface area contributed by atoms with Crippen LogP contribution in [0.4, 0.5) is 0 Å². The van der Waals surface area contributed by atoms with Gasteiger partial charge in [-0.1, -0.05) is 22.9 Å². The Balaban J connectivity index is 2.08. The molecule has 2 heterocycles. The summed E-state index contributed by atoms with van der Waals surface area (Å²) in [7, 11) is 0. The molecule has 3 rings (SSSR count). The van der Waals surface area contributed by atoms with Crippen molar-refractivity contribution in [3.05, 3.63) is 50.4 Å². The molecule has 0 spiro atoms. The largest absolute Gasteiger partial charge is 0.323 e. The number of aryl methyl sites for hydroxylation is 2. The van der Waals surface area contributed by atoms with E-state index in [9.17, 15) is 0 Å². The van der Waals surface area contributed by atoms with Gasteiger partial charge in [0.25, 0.3) is 0 Å². The third-order valence-electron chi connectivity index (χ3n) is 3.63. The van der Waals surface area contributed by atoms with E-state index >= 15 is 0 Å². The molecule has 0 unspecified atom stereocenters. The minimum absolute atomic E-state index is 0.593. The number of halogens is 2. The van der Waals surface area contributed by atoms with Crippen LogP contribution in [0.5, 0.6) is 0 Å². The molecule has 0 aliphatic carbocycles. The number of hydrogen-bond donors (Lipinski definition) is 0. The van der Waals surface area contributed by atoms with Gasteiger partial charge in [0.15, 0.2) is 0 Å². The summed E-state index contributed by atoms with van der Waals surface area (Å²) in [6.45, 7) is 3.08. The van der Waals surface area contributed by atoms with E-state index in [0.717, 1.165) is 35.2 Å². The smallest absolute Gasteiger partial charge is 0.111 e. The molecule has 0 N–H and O–H groups in total. The molecule has 0 saturated carbocycles. The summed E-state index contributed by atoms with van der Waals surface area (Å²) in [5, 5.41) is 2.17. The molecule has 5 heteroatoms. The van der Waals surface area contributed by atoms with Crippen molar-refractivity contribution >= 4 is 49.9 Å². The fraction of sp³-hybridized carbons (Fsp3) is 0.312. The predicted octanol–water partition coefficient (Wildman–Crippen LogP) is 5.25. The number of thiophene rings is 1. The van der Waals surface area contributed by atoms with Gasteiger partial charge in [0.1, 0.15) is 5.82 Å². The first-order chi connectivity index (χ1) is 10.2. The van der Waals surface area contributed by atoms with Crippen LogP contribution >= 0.6 is 38.9 Å². The highest BCUT2D eigenvalue weighted by atomic mass is 79.9. The lowest BCUT2D eigenvalue weighted by Crippen LogP contribution is -2.06. The summed E-state index contributed by atoms with van der Waals surface area (Å²) in [5.41, 5.74) is 3.63. The SMILES string of the molecule is CCc1ccsc1Cn1c(CCCl)nc2cc(Br)ccc21. The van der Waals surface area contributed by atoms with E-state index < -0.39 is 0 Å². The van der Waals surface area contributed by atoms with E-state index in [1.165, 1.54) is 16.0 Å². The van der Waals surface area contributed by atoms with Crippen molar-refractivity contribution in [2.75, 3.05) is 5.88 Å². The lowest BCUT2D eigenvalue weighted by Gasteiger charge is -2.09. The third-order valence-corrected chi connectivity index (χ3v) is 5.26. The maximum absolute atomic E-state index is 5.95. The number of fused-ring (bicyclic) bond motifs is 1. The number of nitrogens with zero attached hydrogens (tertiary/aromatic N) is 2. The lowest BCUT2D eigenvalue weighted by atomic mass is 10.2. The molecule has 3 aromatic rings. The van der Waals surface area contributed by atoms with Gasteiger partial charge in [0, 0.05) is 21.7 Å². The topological polar surface area (TPSA) is 17.8 Å². The van der Waals surface area contributed by atoms with E-state index in [0.29, 0.717) is 5.88 Å². The van der Waals surface area contributed by atoms with Gasteiger partial charge in [-0.3, -0.25) is 0 Å². The number of benzene rings is 1. The van der Waals surface area contributed by atoms with Gasteiger partial charge in [-0.25, -0.2) is 4.98 Å². The van der Waals surface area contributed by atoms with Crippen LogP contribution in [-0.2, 0) is 19.4 Å². The normalized spacial score (nSPS) is 11.4. The van der Waals surface area contributed by atoms with E-state index in [1.807, 2.05) is 11.3 Å². The number of rotatable bonds is 5. The summed E-state index contributed by atoms with van der Waals surface area (Å²) in [6.07, 6.45) is 1.86. The van der Waals surface area contributed by atoms with E-state index in [2.05, 4.69) is 57.1 Å². The first-order valence-electron chi connectivity index (χ1n) is 6.98. The van der Waals surface area contributed by atoms with Crippen LogP contribution in [0.25, 0.3) is 11.0 Å². The van der Waals surface area contributed by atoms with Crippen LogP contribution in [0.1, 0.15) is 23.2 Å². The van der Waals surface area contributed by atoms with Crippen molar-refractivity contribution in [2.24, 2.45) is 0 Å². The van der Waals surface area contributed by atoms with Gasteiger partial charge in [-0.15, -0.1) is 22.9 Å². The monoisotopic (exact) mass is 382 g/mol. The molecule has 0 aliphatic rings. The highest BCUT2D eigenvalue weighted by Gasteiger charge is 2.13. The van der Waals surface area contributed by atoms with Crippen molar-refractivity contribution < 1.29 is 0 Å². The standard InChI is InChI=1S/C16H16BrClN2S/c1-2-11-6-8-21-15(11)10-20-14-4-3-12(17)9-13(14)19-16(20)5-7-18/h3-4,6,8-9H,2,5,7,10H2,1H3. The molecule has 0 amide bonds. The molecule has 0 atom stereocenters. The fourth-order valence-electron chi connectivity index (χ4n) is 2.57. The number of hydrogen-bond acceptors (Lipinski definition) is 2. The summed E-state index contributed by atoms with van der Waals surface area (Å²) >= 11 is 11.3. The second kappa shape index (κ2) is 6.51. The van der Waals surface area contributed by atoms with Crippen molar-refractivity contribution in [3.63, 3.8) is 0 Å². The molecule has 0 radical (unpaired) electrons. The van der Waals surface area contributed by atoms with Gasteiger partial charge >= 0.3 is 0 Å². The molecular formula is C16H16BrClN2S. The van der Waals surface area contributed by atoms with Crippen LogP contribution in [0.2, 0.25) is 0 Å². The molecule has 0 aliphatic heterocycles. The van der Waals surface area contributed by atoms with Gasteiger partial charge in [-0.2, -0.15) is 0 Å². The fourth-order valence-corrected chi connectivity index (χ4v) is 4.05. The van der Waals surface area contributed by atoms with Gasteiger partial charge in [0.05, 0.1) is 17.6 Å². The Bertz CT molecular complexity index is 763. The highest BCUT2D eigenvalue weighted by Crippen LogP contribution is 2.25. The quantitative estimate of drug-likeness (QED) is 0.550. The lowest BCUT2D eigenvalue weighted by molar-refractivity contribution is 0.758. The molecule has 110 valence electrons. The first-order valence-corrected chi connectivity index (χ1v) is 9.19. The molecule has 1 aromatic carbocycles. The van der Waals surface area contributed by atoms with Crippen LogP contribution in [0, 0.1) is 0 Å². The predicted molar refractivity (Wildman–Crippen MR) is 94.7 cm³/mol. The second-order valence-corrected chi connectivity index (χ2v) is 7.20. The molecule has 2 aromatic heterocycles. The van der Waals surface area contributed by atoms with Crippen LogP contribution < -0.4 is 0 Å². The van der Waals surface area contributed by atoms with Crippen molar-refractivity contribution in [3.8, 4) is 0 Å². The zero-order valence-electron chi connectivity index (χ0n) is 11.8. The van der Waals surface area contributed by atoms with E-state index in [1.54, 1.807) is 0 Å². The summed E-state index contributed by atoms with van der Waals surface area (Å²) in [5.74, 6) is 1.66. The Labute approximate surface area is 141 Å². The summed E-state index contributed by atoms with van der Waals surface area (Å²) in [6, 6.07) is 8.49. The molecule has 2 nitrogen and oxygen atoms in total. The van der Waals surface area contributed by atoms with Crippen LogP contribution in [-0.4, -0.2) is 15.4 Å². The first kappa shape index (κ1) is 15.1. The van der Waals surface area contributed by atoms with Gasteiger partial charge in [-0.05, 0) is 41.6 Å². The average Bonchev–Trinajstić information content (AvgIpc) is 3.04. The van der Waals surface area contributed by atoms with Crippen molar-refractivity contribution in [1.29, 1.82) is 0 Å². The molecule has 0 fully saturated rings. The van der Waals surface area contributed by atoms with Crippen molar-refractivity contribution in [1.82, 2.24) is 9.55 Å². The Kier molecular flexibility index (Phi) is 4.67. The van der Waals surface area contributed by atoms with Crippen molar-refractivity contribution in [2.45, 2.75) is 26.3 Å². The zero-order chi connectivity index (χ0) is 14.8. The second-order valence-electron chi connectivity index (χ2n) is 4.91. The minimum atomic E-state index is 0.593. The number of alkyl halides is 1. The van der Waals surface area contributed by atoms with Crippen LogP contribution in [0.3, 0.4) is 0 Å². The van der Waals surface area contributed by atoms with E-state index in [-0.39, 0.29) is 0 Å². The molecule has 21 heavy (non-hydrogen) atoms. The Morgan fingerprint density at radius 2 is 2.19 bits per heavy atom. The molecule has 0 saturated heterocycles. The number of imidazole rings is 1. The van der Waals surface area contributed by atoms with Crippen LogP contribution in [0.15, 0.2) is 34.1 Å². The zero-order valence-corrected chi connectivity index (χ0v) is 14.9. The highest BCUT2D eigenvalue weighted by molar-refractivity contribution is 9.10. The Hall–Kier alpha value is -0.840. The van der Waals surface area contributed by atoms with Gasteiger partial charge in [0.2, 0.25) is 0 Å². The number of aromatic nitrogens is 2. The average molecular weight is 384 g/mol. The van der Waals surface area contributed by atoms with E-state index in [4.69, 9.17) is 16.6 Å². The maximum atomic E-state index is 5.95. The molecule has 0 bridgehead atoms. The Morgan fingerprint density at radius 3 is 2.95 bits per heavy atom.